The third-order valence-electron chi connectivity index (χ3n) is 8.09. The van der Waals surface area contributed by atoms with E-state index in [9.17, 15) is 24.3 Å². The van der Waals surface area contributed by atoms with Crippen molar-refractivity contribution in [3.63, 3.8) is 0 Å². The molecule has 0 unspecified atom stereocenters. The number of carbonyl (C=O) groups is 4. The average Bonchev–Trinajstić information content (AvgIpc) is 3.52. The van der Waals surface area contributed by atoms with Crippen molar-refractivity contribution in [3.05, 3.63) is 83.9 Å². The summed E-state index contributed by atoms with van der Waals surface area (Å²) in [5.74, 6) is -3.00. The minimum absolute atomic E-state index is 0.00121. The van der Waals surface area contributed by atoms with Crippen molar-refractivity contribution in [1.82, 2.24) is 10.2 Å². The van der Waals surface area contributed by atoms with Crippen molar-refractivity contribution < 1.29 is 33.8 Å². The molecule has 0 aliphatic carbocycles. The van der Waals surface area contributed by atoms with E-state index >= 15 is 0 Å². The molecule has 43 heavy (non-hydrogen) atoms. The van der Waals surface area contributed by atoms with Gasteiger partial charge in [-0.3, -0.25) is 14.4 Å². The van der Waals surface area contributed by atoms with Gasteiger partial charge in [0.2, 0.25) is 11.8 Å². The fraction of sp³-hybridized carbons (Fsp3) is 0.471. The van der Waals surface area contributed by atoms with E-state index in [0.717, 1.165) is 30.4 Å². The lowest BCUT2D eigenvalue weighted by molar-refractivity contribution is -0.157. The fourth-order valence-corrected chi connectivity index (χ4v) is 5.60. The van der Waals surface area contributed by atoms with E-state index < -0.39 is 35.7 Å². The number of benzene rings is 2. The molecule has 4 atom stereocenters. The van der Waals surface area contributed by atoms with E-state index in [-0.39, 0.29) is 38.2 Å². The molecular formula is C34H42N2O7. The second-order valence-electron chi connectivity index (χ2n) is 11.3. The highest BCUT2D eigenvalue weighted by Crippen LogP contribution is 2.22. The zero-order valence-corrected chi connectivity index (χ0v) is 24.6. The highest BCUT2D eigenvalue weighted by Gasteiger charge is 2.33. The Hall–Kier alpha value is -3.98. The van der Waals surface area contributed by atoms with Crippen LogP contribution in [-0.4, -0.2) is 65.6 Å². The van der Waals surface area contributed by atoms with Gasteiger partial charge in [0.05, 0.1) is 24.5 Å². The first kappa shape index (κ1) is 31.9. The second kappa shape index (κ2) is 16.6. The summed E-state index contributed by atoms with van der Waals surface area (Å²) in [6.45, 7) is 0.0503. The molecule has 2 aliphatic rings. The van der Waals surface area contributed by atoms with Crippen LogP contribution in [-0.2, 0) is 41.7 Å². The van der Waals surface area contributed by atoms with Crippen LogP contribution in [0.3, 0.4) is 0 Å². The highest BCUT2D eigenvalue weighted by molar-refractivity contribution is 5.89. The number of nitrogens with zero attached hydrogens (tertiary/aromatic N) is 1. The van der Waals surface area contributed by atoms with E-state index in [1.807, 2.05) is 72.8 Å². The van der Waals surface area contributed by atoms with Crippen molar-refractivity contribution >= 4 is 23.8 Å². The van der Waals surface area contributed by atoms with Crippen LogP contribution in [0.1, 0.15) is 56.1 Å². The number of hydrogen-bond donors (Lipinski definition) is 2. The molecule has 0 saturated carbocycles. The van der Waals surface area contributed by atoms with E-state index in [4.69, 9.17) is 9.47 Å². The molecule has 0 aromatic heterocycles. The molecule has 1 saturated heterocycles. The van der Waals surface area contributed by atoms with Crippen molar-refractivity contribution in [2.45, 2.75) is 70.1 Å². The predicted molar refractivity (Wildman–Crippen MR) is 160 cm³/mol. The molecule has 9 heteroatoms. The number of esters is 2. The van der Waals surface area contributed by atoms with Crippen molar-refractivity contribution in [1.29, 1.82) is 0 Å². The summed E-state index contributed by atoms with van der Waals surface area (Å²) < 4.78 is 11.2. The summed E-state index contributed by atoms with van der Waals surface area (Å²) in [4.78, 5) is 54.8. The number of cyclic esters (lactones) is 1. The van der Waals surface area contributed by atoms with Crippen LogP contribution in [0.2, 0.25) is 0 Å². The van der Waals surface area contributed by atoms with Crippen LogP contribution in [0.25, 0.3) is 0 Å². The maximum absolute atomic E-state index is 13.5. The summed E-state index contributed by atoms with van der Waals surface area (Å²) >= 11 is 0. The zero-order valence-electron chi connectivity index (χ0n) is 24.6. The molecule has 9 nitrogen and oxygen atoms in total. The predicted octanol–water partition coefficient (Wildman–Crippen LogP) is 3.74. The number of allylic oxidation sites excluding steroid dienone is 2. The van der Waals surface area contributed by atoms with Gasteiger partial charge in [0.25, 0.3) is 0 Å². The Labute approximate surface area is 253 Å². The van der Waals surface area contributed by atoms with Gasteiger partial charge in [-0.05, 0) is 56.1 Å². The number of rotatable bonds is 8. The first-order valence-electron chi connectivity index (χ1n) is 15.2. The number of likely N-dealkylation sites (tertiary alicyclic amines) is 1. The number of ether oxygens (including phenoxy) is 2. The van der Waals surface area contributed by atoms with Gasteiger partial charge >= 0.3 is 11.9 Å². The third kappa shape index (κ3) is 9.78. The van der Waals surface area contributed by atoms with Crippen LogP contribution in [0.15, 0.2) is 72.8 Å². The van der Waals surface area contributed by atoms with Gasteiger partial charge in [-0.15, -0.1) is 0 Å². The van der Waals surface area contributed by atoms with Crippen LogP contribution in [0.4, 0.5) is 0 Å². The van der Waals surface area contributed by atoms with E-state index in [0.29, 0.717) is 32.2 Å². The summed E-state index contributed by atoms with van der Waals surface area (Å²) in [6.07, 6.45) is 8.22. The summed E-state index contributed by atoms with van der Waals surface area (Å²) in [5.41, 5.74) is 1.79. The van der Waals surface area contributed by atoms with Gasteiger partial charge in [-0.25, -0.2) is 4.79 Å². The Morgan fingerprint density at radius 3 is 2.37 bits per heavy atom. The number of nitrogens with one attached hydrogen (secondary N) is 1. The highest BCUT2D eigenvalue weighted by atomic mass is 16.6. The molecule has 2 amide bonds. The zero-order chi connectivity index (χ0) is 30.4. The molecule has 0 radical (unpaired) electrons. The molecule has 2 heterocycles. The number of amides is 2. The normalized spacial score (nSPS) is 23.6. The molecule has 0 bridgehead atoms. The van der Waals surface area contributed by atoms with Crippen molar-refractivity contribution in [2.24, 2.45) is 11.8 Å². The Bertz CT molecular complexity index is 1230. The summed E-state index contributed by atoms with van der Waals surface area (Å²) in [5, 5.41) is 12.4. The number of hydrogen-bond acceptors (Lipinski definition) is 7. The molecule has 2 aliphatic heterocycles. The number of aliphatic hydroxyl groups is 1. The molecule has 2 aromatic carbocycles. The Balaban J connectivity index is 1.50. The van der Waals surface area contributed by atoms with Crippen LogP contribution >= 0.6 is 0 Å². The Kier molecular flexibility index (Phi) is 12.3. The van der Waals surface area contributed by atoms with Gasteiger partial charge in [0.1, 0.15) is 13.2 Å². The molecule has 4 rings (SSSR count). The molecule has 2 N–H and O–H groups in total. The molecule has 0 spiro atoms. The van der Waals surface area contributed by atoms with Crippen LogP contribution in [0.5, 0.6) is 0 Å². The fourth-order valence-electron chi connectivity index (χ4n) is 5.60. The van der Waals surface area contributed by atoms with E-state index in [2.05, 4.69) is 5.32 Å². The molecular weight excluding hydrogens is 548 g/mol. The smallest absolute Gasteiger partial charge is 0.332 e. The van der Waals surface area contributed by atoms with Gasteiger partial charge < -0.3 is 24.8 Å². The van der Waals surface area contributed by atoms with Crippen molar-refractivity contribution in [2.75, 3.05) is 19.8 Å². The minimum Gasteiger partial charge on any atom is -0.463 e. The third-order valence-corrected chi connectivity index (χ3v) is 8.09. The summed E-state index contributed by atoms with van der Waals surface area (Å²) in [6, 6.07) is 17.4. The van der Waals surface area contributed by atoms with Gasteiger partial charge in [0, 0.05) is 13.0 Å². The molecule has 230 valence electrons. The lowest BCUT2D eigenvalue weighted by atomic mass is 9.93. The Morgan fingerprint density at radius 2 is 1.65 bits per heavy atom. The molecule has 2 aromatic rings. The van der Waals surface area contributed by atoms with Gasteiger partial charge in [-0.1, -0.05) is 72.8 Å². The van der Waals surface area contributed by atoms with E-state index in [1.165, 1.54) is 0 Å². The van der Waals surface area contributed by atoms with Gasteiger partial charge in [-0.2, -0.15) is 0 Å². The van der Waals surface area contributed by atoms with Crippen LogP contribution in [0, 0.1) is 11.8 Å². The SMILES string of the molecule is O=C1N[C@@H](C(=O)OCc2ccccc2)COC(=O)[C@@H](Cc2ccccc2)CCCC=CC[C@@H]1CC(=O)N1CCC[C@H]1CO. The largest absolute Gasteiger partial charge is 0.463 e. The lowest BCUT2D eigenvalue weighted by Gasteiger charge is -2.26. The van der Waals surface area contributed by atoms with Crippen molar-refractivity contribution in [3.8, 4) is 0 Å². The summed E-state index contributed by atoms with van der Waals surface area (Å²) in [7, 11) is 0. The van der Waals surface area contributed by atoms with Crippen LogP contribution < -0.4 is 5.32 Å². The quantitative estimate of drug-likeness (QED) is 0.355. The first-order chi connectivity index (χ1) is 20.9. The van der Waals surface area contributed by atoms with Gasteiger partial charge in [0.15, 0.2) is 6.04 Å². The lowest BCUT2D eigenvalue weighted by Crippen LogP contribution is -2.48. The average molecular weight is 591 g/mol. The maximum Gasteiger partial charge on any atom is 0.332 e. The van der Waals surface area contributed by atoms with E-state index in [1.54, 1.807) is 4.90 Å². The second-order valence-corrected chi connectivity index (χ2v) is 11.3. The number of carbonyl (C=O) groups excluding carboxylic acids is 4. The topological polar surface area (TPSA) is 122 Å². The minimum atomic E-state index is -1.24. The Morgan fingerprint density at radius 1 is 0.930 bits per heavy atom. The first-order valence-corrected chi connectivity index (χ1v) is 15.2. The number of aliphatic hydroxyl groups excluding tert-OH is 1. The molecule has 1 fully saturated rings. The monoisotopic (exact) mass is 590 g/mol. The standard InChI is InChI=1S/C34H42N2O7/c37-22-29-18-11-19-36(29)31(38)21-27-16-9-1-2-10-17-28(20-25-12-5-3-6-13-25)33(40)43-24-30(35-32(27)39)34(41)42-23-26-14-7-4-8-15-26/h1,3-9,12-15,27-30,37H,2,10-11,16-24H2,(H,35,39)/t27-,28-,29+,30-/m1/s1. The maximum atomic E-state index is 13.5.